The second kappa shape index (κ2) is 7.73. The van der Waals surface area contributed by atoms with Crippen LogP contribution in [0.15, 0.2) is 39.3 Å². The highest BCUT2D eigenvalue weighted by Crippen LogP contribution is 2.38. The molecule has 0 aliphatic heterocycles. The minimum atomic E-state index is 0.349. The average Bonchev–Trinajstić information content (AvgIpc) is 2.46. The van der Waals surface area contributed by atoms with Crippen molar-refractivity contribution in [2.75, 3.05) is 7.11 Å². The van der Waals surface area contributed by atoms with E-state index in [2.05, 4.69) is 31.9 Å². The van der Waals surface area contributed by atoms with Crippen molar-refractivity contribution in [3.8, 4) is 11.5 Å². The fourth-order valence-corrected chi connectivity index (χ4v) is 3.27. The maximum Gasteiger partial charge on any atom is 0.175 e. The minimum absolute atomic E-state index is 0.349. The van der Waals surface area contributed by atoms with Crippen molar-refractivity contribution in [1.29, 1.82) is 0 Å². The molecule has 0 aromatic heterocycles. The topological polar surface area (TPSA) is 18.5 Å². The summed E-state index contributed by atoms with van der Waals surface area (Å²) in [5.41, 5.74) is 1.85. The largest absolute Gasteiger partial charge is 0.493 e. The van der Waals surface area contributed by atoms with Crippen molar-refractivity contribution in [3.63, 3.8) is 0 Å². The van der Waals surface area contributed by atoms with Gasteiger partial charge in [0.1, 0.15) is 6.61 Å². The first kappa shape index (κ1) is 16.9. The molecule has 0 aliphatic carbocycles. The molecule has 2 aromatic rings. The Labute approximate surface area is 150 Å². The van der Waals surface area contributed by atoms with Crippen LogP contribution in [0.2, 0.25) is 5.02 Å². The molecule has 6 heteroatoms. The molecule has 0 aliphatic rings. The van der Waals surface area contributed by atoms with E-state index < -0.39 is 0 Å². The Morgan fingerprint density at radius 1 is 1.14 bits per heavy atom. The van der Waals surface area contributed by atoms with Gasteiger partial charge >= 0.3 is 0 Å². The number of benzene rings is 2. The van der Waals surface area contributed by atoms with Gasteiger partial charge in [-0.05, 0) is 45.8 Å². The molecule has 2 aromatic carbocycles. The first-order chi connectivity index (χ1) is 10.0. The van der Waals surface area contributed by atoms with E-state index in [4.69, 9.17) is 32.7 Å². The molecule has 0 saturated carbocycles. The minimum Gasteiger partial charge on any atom is -0.493 e. The van der Waals surface area contributed by atoms with Crippen LogP contribution in [0, 0.1) is 0 Å². The summed E-state index contributed by atoms with van der Waals surface area (Å²) < 4.78 is 12.9. The number of hydrogen-bond acceptors (Lipinski definition) is 2. The van der Waals surface area contributed by atoms with E-state index >= 15 is 0 Å². The standard InChI is InChI=1S/C15H12Br2Cl2O2/c1-20-14-5-9(7-18)4-12(17)15(14)21-8-10-2-3-11(16)6-13(10)19/h2-6H,7-8H2,1H3. The Kier molecular flexibility index (Phi) is 6.23. The van der Waals surface area contributed by atoms with Crippen molar-refractivity contribution in [3.05, 3.63) is 55.4 Å². The van der Waals surface area contributed by atoms with E-state index in [-0.39, 0.29) is 0 Å². The smallest absolute Gasteiger partial charge is 0.175 e. The van der Waals surface area contributed by atoms with Crippen LogP contribution in [0.25, 0.3) is 0 Å². The van der Waals surface area contributed by atoms with E-state index in [9.17, 15) is 0 Å². The summed E-state index contributed by atoms with van der Waals surface area (Å²) >= 11 is 18.9. The maximum absolute atomic E-state index is 6.19. The lowest BCUT2D eigenvalue weighted by Gasteiger charge is -2.14. The third kappa shape index (κ3) is 4.28. The van der Waals surface area contributed by atoms with Gasteiger partial charge in [0.15, 0.2) is 11.5 Å². The lowest BCUT2D eigenvalue weighted by Crippen LogP contribution is -2.00. The summed E-state index contributed by atoms with van der Waals surface area (Å²) in [4.78, 5) is 0. The zero-order valence-electron chi connectivity index (χ0n) is 11.1. The Morgan fingerprint density at radius 2 is 1.90 bits per heavy atom. The molecular formula is C15H12Br2Cl2O2. The third-order valence-electron chi connectivity index (χ3n) is 2.83. The lowest BCUT2D eigenvalue weighted by atomic mass is 10.2. The Morgan fingerprint density at radius 3 is 2.52 bits per heavy atom. The molecule has 0 fully saturated rings. The van der Waals surface area contributed by atoms with Crippen LogP contribution >= 0.6 is 55.1 Å². The molecule has 0 radical (unpaired) electrons. The highest BCUT2D eigenvalue weighted by molar-refractivity contribution is 9.10. The number of alkyl halides is 1. The van der Waals surface area contributed by atoms with E-state index in [0.717, 1.165) is 20.1 Å². The highest BCUT2D eigenvalue weighted by Gasteiger charge is 2.12. The number of ether oxygens (including phenoxy) is 2. The molecule has 0 saturated heterocycles. The van der Waals surface area contributed by atoms with Gasteiger partial charge in [-0.2, -0.15) is 0 Å². The Hall–Kier alpha value is -0.420. The van der Waals surface area contributed by atoms with Gasteiger partial charge in [-0.25, -0.2) is 0 Å². The highest BCUT2D eigenvalue weighted by atomic mass is 79.9. The maximum atomic E-state index is 6.19. The van der Waals surface area contributed by atoms with Crippen LogP contribution in [-0.2, 0) is 12.5 Å². The predicted molar refractivity (Wildman–Crippen MR) is 93.7 cm³/mol. The Balaban J connectivity index is 2.23. The van der Waals surface area contributed by atoms with Crippen molar-refractivity contribution in [2.24, 2.45) is 0 Å². The molecule has 2 rings (SSSR count). The van der Waals surface area contributed by atoms with Crippen molar-refractivity contribution >= 4 is 55.1 Å². The zero-order chi connectivity index (χ0) is 15.4. The van der Waals surface area contributed by atoms with E-state index in [1.807, 2.05) is 30.3 Å². The van der Waals surface area contributed by atoms with Crippen LogP contribution in [0.3, 0.4) is 0 Å². The summed E-state index contributed by atoms with van der Waals surface area (Å²) in [7, 11) is 1.60. The van der Waals surface area contributed by atoms with Crippen LogP contribution in [0.5, 0.6) is 11.5 Å². The van der Waals surface area contributed by atoms with Crippen molar-refractivity contribution in [2.45, 2.75) is 12.5 Å². The molecule has 0 N–H and O–H groups in total. The van der Waals surface area contributed by atoms with Gasteiger partial charge in [0.25, 0.3) is 0 Å². The van der Waals surface area contributed by atoms with Gasteiger partial charge < -0.3 is 9.47 Å². The molecule has 0 atom stereocenters. The summed E-state index contributed by atoms with van der Waals surface area (Å²) in [5, 5.41) is 0.650. The number of halogens is 4. The van der Waals surface area contributed by atoms with Crippen LogP contribution in [0.4, 0.5) is 0 Å². The van der Waals surface area contributed by atoms with E-state index in [0.29, 0.717) is 29.0 Å². The fraction of sp³-hybridized carbons (Fsp3) is 0.200. The molecule has 0 unspecified atom stereocenters. The van der Waals surface area contributed by atoms with Gasteiger partial charge in [0, 0.05) is 20.9 Å². The van der Waals surface area contributed by atoms with Crippen LogP contribution in [-0.4, -0.2) is 7.11 Å². The SMILES string of the molecule is COc1cc(CCl)cc(Br)c1OCc1ccc(Br)cc1Cl. The van der Waals surface area contributed by atoms with Crippen LogP contribution in [0.1, 0.15) is 11.1 Å². The molecule has 21 heavy (non-hydrogen) atoms. The number of methoxy groups -OCH3 is 1. The van der Waals surface area contributed by atoms with Gasteiger partial charge in [-0.3, -0.25) is 0 Å². The number of rotatable bonds is 5. The molecule has 0 amide bonds. The summed E-state index contributed by atoms with van der Waals surface area (Å²) in [6.45, 7) is 0.349. The molecule has 0 heterocycles. The first-order valence-corrected chi connectivity index (χ1v) is 8.54. The van der Waals surface area contributed by atoms with Crippen molar-refractivity contribution < 1.29 is 9.47 Å². The summed E-state index contributed by atoms with van der Waals surface area (Å²) in [6.07, 6.45) is 0. The van der Waals surface area contributed by atoms with E-state index in [1.165, 1.54) is 0 Å². The van der Waals surface area contributed by atoms with Gasteiger partial charge in [0.2, 0.25) is 0 Å². The fourth-order valence-electron chi connectivity index (χ4n) is 1.78. The quantitative estimate of drug-likeness (QED) is 0.501. The second-order valence-electron chi connectivity index (χ2n) is 4.27. The predicted octanol–water partition coefficient (Wildman–Crippen LogP) is 6.19. The molecule has 112 valence electrons. The van der Waals surface area contributed by atoms with Crippen molar-refractivity contribution in [1.82, 2.24) is 0 Å². The van der Waals surface area contributed by atoms with Gasteiger partial charge in [-0.1, -0.05) is 33.6 Å². The molecule has 0 spiro atoms. The number of hydrogen-bond donors (Lipinski definition) is 0. The lowest BCUT2D eigenvalue weighted by molar-refractivity contribution is 0.282. The molecular weight excluding hydrogens is 443 g/mol. The van der Waals surface area contributed by atoms with Crippen LogP contribution < -0.4 is 9.47 Å². The normalized spacial score (nSPS) is 10.5. The second-order valence-corrected chi connectivity index (χ2v) is 6.71. The summed E-state index contributed by atoms with van der Waals surface area (Å²) in [6, 6.07) is 9.45. The zero-order valence-corrected chi connectivity index (χ0v) is 15.8. The molecule has 0 bridgehead atoms. The summed E-state index contributed by atoms with van der Waals surface area (Å²) in [5.74, 6) is 1.67. The third-order valence-corrected chi connectivity index (χ3v) is 4.57. The molecule has 2 nitrogen and oxygen atoms in total. The monoisotopic (exact) mass is 452 g/mol. The average molecular weight is 455 g/mol. The first-order valence-electron chi connectivity index (χ1n) is 6.04. The van der Waals surface area contributed by atoms with Gasteiger partial charge in [-0.15, -0.1) is 11.6 Å². The van der Waals surface area contributed by atoms with Gasteiger partial charge in [0.05, 0.1) is 11.6 Å². The Bertz CT molecular complexity index is 648. The van der Waals surface area contributed by atoms with E-state index in [1.54, 1.807) is 7.11 Å².